The highest BCUT2D eigenvalue weighted by molar-refractivity contribution is 6.12. The lowest BCUT2D eigenvalue weighted by Gasteiger charge is -2.16. The molecular weight excluding hydrogens is 715 g/mol. The van der Waals surface area contributed by atoms with Crippen LogP contribution in [0.25, 0.3) is 106 Å². The van der Waals surface area contributed by atoms with Gasteiger partial charge in [-0.25, -0.2) is 29.9 Å². The summed E-state index contributed by atoms with van der Waals surface area (Å²) in [5, 5.41) is 4.34. The van der Waals surface area contributed by atoms with Gasteiger partial charge in [-0.1, -0.05) is 121 Å². The second-order valence-corrected chi connectivity index (χ2v) is 14.4. The van der Waals surface area contributed by atoms with Crippen LogP contribution >= 0.6 is 0 Å². The first-order valence-corrected chi connectivity index (χ1v) is 19.2. The van der Waals surface area contributed by atoms with Crippen molar-refractivity contribution in [2.75, 3.05) is 0 Å². The summed E-state index contributed by atoms with van der Waals surface area (Å²) in [5.41, 5.74) is 10.2. The third kappa shape index (κ3) is 5.61. The lowest BCUT2D eigenvalue weighted by Crippen LogP contribution is -2.04. The van der Waals surface area contributed by atoms with E-state index in [4.69, 9.17) is 29.3 Å². The van der Waals surface area contributed by atoms with Gasteiger partial charge in [-0.05, 0) is 61.9 Å². The summed E-state index contributed by atoms with van der Waals surface area (Å²) < 4.78 is 8.87. The Bertz CT molecular complexity index is 3290. The van der Waals surface area contributed by atoms with Crippen LogP contribution in [0.5, 0.6) is 0 Å². The summed E-state index contributed by atoms with van der Waals surface area (Å²) in [4.78, 5) is 29.3. The van der Waals surface area contributed by atoms with E-state index in [1.165, 1.54) is 0 Å². The van der Waals surface area contributed by atoms with Gasteiger partial charge in [-0.15, -0.1) is 0 Å². The second-order valence-electron chi connectivity index (χ2n) is 14.4. The maximum atomic E-state index is 6.56. The van der Waals surface area contributed by atoms with E-state index in [-0.39, 0.29) is 0 Å². The summed E-state index contributed by atoms with van der Waals surface area (Å²) in [6, 6.07) is 56.2. The van der Waals surface area contributed by atoms with Crippen LogP contribution in [0.15, 0.2) is 168 Å². The van der Waals surface area contributed by atoms with Gasteiger partial charge in [0.2, 0.25) is 0 Å². The molecule has 58 heavy (non-hydrogen) atoms. The van der Waals surface area contributed by atoms with Crippen molar-refractivity contribution < 1.29 is 4.42 Å². The topological polar surface area (TPSA) is 95.4 Å². The Morgan fingerprint density at radius 1 is 0.379 bits per heavy atom. The lowest BCUT2D eigenvalue weighted by molar-refractivity contribution is 0.670. The monoisotopic (exact) mass is 747 g/mol. The number of hydrogen-bond donors (Lipinski definition) is 0. The summed E-state index contributed by atoms with van der Waals surface area (Å²) in [6.45, 7) is 3.80. The van der Waals surface area contributed by atoms with Crippen LogP contribution in [0, 0.1) is 13.8 Å². The molecule has 0 bridgehead atoms. The van der Waals surface area contributed by atoms with E-state index >= 15 is 0 Å². The predicted octanol–water partition coefficient (Wildman–Crippen LogP) is 12.0. The Kier molecular flexibility index (Phi) is 7.75. The van der Waals surface area contributed by atoms with E-state index in [2.05, 4.69) is 94.5 Å². The van der Waals surface area contributed by atoms with Gasteiger partial charge in [-0.2, -0.15) is 0 Å². The first-order chi connectivity index (χ1) is 28.6. The minimum Gasteiger partial charge on any atom is -0.455 e. The van der Waals surface area contributed by atoms with Gasteiger partial charge in [0.1, 0.15) is 22.8 Å². The van der Waals surface area contributed by atoms with Crippen LogP contribution in [0.4, 0.5) is 0 Å². The van der Waals surface area contributed by atoms with Gasteiger partial charge < -0.3 is 8.98 Å². The van der Waals surface area contributed by atoms with E-state index < -0.39 is 0 Å². The third-order valence-corrected chi connectivity index (χ3v) is 10.7. The van der Waals surface area contributed by atoms with Gasteiger partial charge in [0.25, 0.3) is 0 Å². The molecule has 4 aromatic heterocycles. The van der Waals surface area contributed by atoms with Crippen LogP contribution in [-0.4, -0.2) is 34.5 Å². The molecule has 0 aliphatic rings. The lowest BCUT2D eigenvalue weighted by atomic mass is 9.98. The summed E-state index contributed by atoms with van der Waals surface area (Å²) in [6.07, 6.45) is 0. The molecule has 0 aliphatic heterocycles. The van der Waals surface area contributed by atoms with Crippen molar-refractivity contribution in [3.63, 3.8) is 0 Å². The molecule has 11 rings (SSSR count). The van der Waals surface area contributed by atoms with Crippen LogP contribution < -0.4 is 0 Å². The van der Waals surface area contributed by atoms with Crippen molar-refractivity contribution in [1.82, 2.24) is 34.5 Å². The molecule has 8 nitrogen and oxygen atoms in total. The average molecular weight is 748 g/mol. The molecular formula is C50H33N7O. The number of nitrogens with zero attached hydrogens (tertiary/aromatic N) is 7. The van der Waals surface area contributed by atoms with Crippen molar-refractivity contribution in [3.8, 4) is 62.4 Å². The van der Waals surface area contributed by atoms with Gasteiger partial charge >= 0.3 is 0 Å². The van der Waals surface area contributed by atoms with Crippen LogP contribution in [0.1, 0.15) is 11.6 Å². The number of hydrogen-bond acceptors (Lipinski definition) is 7. The molecule has 4 heterocycles. The summed E-state index contributed by atoms with van der Waals surface area (Å²) in [7, 11) is 0. The fourth-order valence-corrected chi connectivity index (χ4v) is 8.10. The SMILES string of the molecule is Cc1nc(C)nc(-c2ccc3c(c2)c2ccccc2n3-c2ccc(-c3cccc4c3oc3ccccc34)cc2-c2nc(-c3ccccc3)nc(-c3ccccc3)n2)n1. The molecule has 0 N–H and O–H groups in total. The van der Waals surface area contributed by atoms with Crippen molar-refractivity contribution in [1.29, 1.82) is 0 Å². The van der Waals surface area contributed by atoms with Crippen molar-refractivity contribution in [2.24, 2.45) is 0 Å². The zero-order valence-electron chi connectivity index (χ0n) is 31.6. The molecule has 0 aliphatic carbocycles. The number of furan rings is 1. The Balaban J connectivity index is 1.21. The quantitative estimate of drug-likeness (QED) is 0.167. The first-order valence-electron chi connectivity index (χ1n) is 19.2. The predicted molar refractivity (Wildman–Crippen MR) is 231 cm³/mol. The number of benzene rings is 7. The normalized spacial score (nSPS) is 11.6. The Labute approximate surface area is 333 Å². The highest BCUT2D eigenvalue weighted by atomic mass is 16.3. The number of aromatic nitrogens is 7. The molecule has 0 radical (unpaired) electrons. The van der Waals surface area contributed by atoms with E-state index in [1.54, 1.807) is 0 Å². The first kappa shape index (κ1) is 33.5. The van der Waals surface area contributed by atoms with E-state index in [9.17, 15) is 0 Å². The van der Waals surface area contributed by atoms with E-state index in [0.29, 0.717) is 34.9 Å². The molecule has 274 valence electrons. The number of para-hydroxylation sites is 3. The maximum Gasteiger partial charge on any atom is 0.166 e. The standard InChI is InChI=1S/C50H33N7O/c1-30-51-31(2)53-49(52-30)35-25-27-43-40(29-35)37-18-9-11-22-42(37)57(43)44-26-24-34(36-20-13-21-39-38-19-10-12-23-45(38)58-46(36)39)28-41(44)50-55-47(32-14-5-3-6-15-32)54-48(56-50)33-16-7-4-8-17-33/h3-29H,1-2H3. The smallest absolute Gasteiger partial charge is 0.166 e. The summed E-state index contributed by atoms with van der Waals surface area (Å²) >= 11 is 0. The van der Waals surface area contributed by atoms with Gasteiger partial charge in [0.15, 0.2) is 23.3 Å². The van der Waals surface area contributed by atoms with Crippen LogP contribution in [0.3, 0.4) is 0 Å². The van der Waals surface area contributed by atoms with Crippen LogP contribution in [-0.2, 0) is 0 Å². The minimum atomic E-state index is 0.556. The number of rotatable bonds is 6. The largest absolute Gasteiger partial charge is 0.455 e. The highest BCUT2D eigenvalue weighted by Gasteiger charge is 2.22. The number of fused-ring (bicyclic) bond motifs is 6. The molecule has 0 amide bonds. The Morgan fingerprint density at radius 2 is 0.966 bits per heavy atom. The fraction of sp³-hybridized carbons (Fsp3) is 0.0400. The van der Waals surface area contributed by atoms with Gasteiger partial charge in [-0.3, -0.25) is 0 Å². The second kappa shape index (κ2) is 13.4. The molecule has 0 atom stereocenters. The molecule has 0 spiro atoms. The highest BCUT2D eigenvalue weighted by Crippen LogP contribution is 2.41. The zero-order valence-corrected chi connectivity index (χ0v) is 31.6. The molecule has 11 aromatic rings. The van der Waals surface area contributed by atoms with Gasteiger partial charge in [0, 0.05) is 49.4 Å². The zero-order chi connectivity index (χ0) is 38.7. The van der Waals surface area contributed by atoms with Gasteiger partial charge in [0.05, 0.1) is 16.7 Å². The Morgan fingerprint density at radius 3 is 1.71 bits per heavy atom. The van der Waals surface area contributed by atoms with E-state index in [0.717, 1.165) is 82.8 Å². The molecule has 7 aromatic carbocycles. The van der Waals surface area contributed by atoms with Crippen molar-refractivity contribution >= 4 is 43.7 Å². The molecule has 0 saturated carbocycles. The summed E-state index contributed by atoms with van der Waals surface area (Å²) in [5.74, 6) is 3.77. The molecule has 0 saturated heterocycles. The minimum absolute atomic E-state index is 0.556. The number of aryl methyl sites for hydroxylation is 2. The Hall–Kier alpha value is -7.84. The van der Waals surface area contributed by atoms with Crippen molar-refractivity contribution in [2.45, 2.75) is 13.8 Å². The molecule has 8 heteroatoms. The average Bonchev–Trinajstić information content (AvgIpc) is 3.82. The molecule has 0 unspecified atom stereocenters. The maximum absolute atomic E-state index is 6.56. The van der Waals surface area contributed by atoms with Crippen molar-refractivity contribution in [3.05, 3.63) is 175 Å². The molecule has 0 fully saturated rings. The third-order valence-electron chi connectivity index (χ3n) is 10.7. The fourth-order valence-electron chi connectivity index (χ4n) is 8.10. The van der Waals surface area contributed by atoms with Crippen LogP contribution in [0.2, 0.25) is 0 Å². The van der Waals surface area contributed by atoms with E-state index in [1.807, 2.05) is 92.7 Å².